The first kappa shape index (κ1) is 14.4. The van der Waals surface area contributed by atoms with Gasteiger partial charge in [0.1, 0.15) is 18.0 Å². The fourth-order valence-electron chi connectivity index (χ4n) is 2.61. The Kier molecular flexibility index (Phi) is 4.44. The van der Waals surface area contributed by atoms with Crippen molar-refractivity contribution >= 4 is 11.6 Å². The van der Waals surface area contributed by atoms with Crippen LogP contribution in [-0.2, 0) is 6.54 Å². The van der Waals surface area contributed by atoms with Crippen LogP contribution in [0.2, 0.25) is 5.02 Å². The van der Waals surface area contributed by atoms with Gasteiger partial charge in [-0.05, 0) is 29.8 Å². The molecule has 3 nitrogen and oxygen atoms in total. The predicted molar refractivity (Wildman–Crippen MR) is 83.6 cm³/mol. The molecule has 0 unspecified atom stereocenters. The molecule has 2 atom stereocenters. The number of rotatable bonds is 4. The second-order valence-corrected chi connectivity index (χ2v) is 5.79. The molecule has 0 saturated carbocycles. The van der Waals surface area contributed by atoms with Gasteiger partial charge in [0.15, 0.2) is 0 Å². The van der Waals surface area contributed by atoms with Crippen LogP contribution in [-0.4, -0.2) is 35.3 Å². The van der Waals surface area contributed by atoms with E-state index >= 15 is 0 Å². The maximum atomic E-state index is 10.2. The third-order valence-electron chi connectivity index (χ3n) is 3.66. The minimum Gasteiger partial charge on any atom is -0.486 e. The van der Waals surface area contributed by atoms with E-state index in [1.165, 1.54) is 5.56 Å². The smallest absolute Gasteiger partial charge is 0.138 e. The van der Waals surface area contributed by atoms with Crippen LogP contribution in [0.5, 0.6) is 5.75 Å². The van der Waals surface area contributed by atoms with Crippen LogP contribution in [0.1, 0.15) is 5.56 Å². The molecule has 3 rings (SSSR count). The van der Waals surface area contributed by atoms with Gasteiger partial charge in [-0.3, -0.25) is 4.90 Å². The van der Waals surface area contributed by atoms with Crippen molar-refractivity contribution in [2.45, 2.75) is 18.8 Å². The number of aliphatic hydroxyl groups is 1. The van der Waals surface area contributed by atoms with Gasteiger partial charge in [0.25, 0.3) is 0 Å². The zero-order valence-electron chi connectivity index (χ0n) is 11.7. The summed E-state index contributed by atoms with van der Waals surface area (Å²) in [6.07, 6.45) is -0.667. The van der Waals surface area contributed by atoms with Gasteiger partial charge < -0.3 is 9.84 Å². The molecule has 0 bridgehead atoms. The molecule has 1 aliphatic heterocycles. The summed E-state index contributed by atoms with van der Waals surface area (Å²) in [6.45, 7) is 2.18. The lowest BCUT2D eigenvalue weighted by Gasteiger charge is -2.17. The van der Waals surface area contributed by atoms with Crippen LogP contribution < -0.4 is 4.74 Å². The SMILES string of the molecule is O[C@H]1CN(Cc2ccccc2)C[C@@H]1Oc1ccc(Cl)cc1. The molecule has 1 saturated heterocycles. The summed E-state index contributed by atoms with van der Waals surface area (Å²) in [6, 6.07) is 17.5. The molecule has 21 heavy (non-hydrogen) atoms. The highest BCUT2D eigenvalue weighted by molar-refractivity contribution is 6.30. The zero-order valence-corrected chi connectivity index (χ0v) is 12.4. The number of halogens is 1. The van der Waals surface area contributed by atoms with Gasteiger partial charge in [-0.15, -0.1) is 0 Å². The first-order chi connectivity index (χ1) is 10.2. The Labute approximate surface area is 129 Å². The van der Waals surface area contributed by atoms with Crippen LogP contribution in [0.15, 0.2) is 54.6 Å². The molecule has 110 valence electrons. The van der Waals surface area contributed by atoms with Gasteiger partial charge in [-0.2, -0.15) is 0 Å². The van der Waals surface area contributed by atoms with E-state index in [-0.39, 0.29) is 6.10 Å². The first-order valence-corrected chi connectivity index (χ1v) is 7.45. The van der Waals surface area contributed by atoms with Crippen LogP contribution in [0.3, 0.4) is 0 Å². The number of benzene rings is 2. The summed E-state index contributed by atoms with van der Waals surface area (Å²) in [4.78, 5) is 2.21. The lowest BCUT2D eigenvalue weighted by atomic mass is 10.2. The molecule has 0 radical (unpaired) electrons. The van der Waals surface area contributed by atoms with E-state index in [0.29, 0.717) is 11.6 Å². The van der Waals surface area contributed by atoms with Crippen LogP contribution in [0.25, 0.3) is 0 Å². The molecule has 1 heterocycles. The predicted octanol–water partition coefficient (Wildman–Crippen LogP) is 2.96. The molecule has 2 aromatic carbocycles. The summed E-state index contributed by atoms with van der Waals surface area (Å²) in [5.74, 6) is 0.741. The average Bonchev–Trinajstić information content (AvgIpc) is 2.82. The fourth-order valence-corrected chi connectivity index (χ4v) is 2.73. The minimum absolute atomic E-state index is 0.199. The van der Waals surface area contributed by atoms with Crippen molar-refractivity contribution in [2.24, 2.45) is 0 Å². The highest BCUT2D eigenvalue weighted by Crippen LogP contribution is 2.22. The number of hydrogen-bond donors (Lipinski definition) is 1. The monoisotopic (exact) mass is 303 g/mol. The Morgan fingerprint density at radius 1 is 1.05 bits per heavy atom. The molecule has 0 spiro atoms. The summed E-state index contributed by atoms with van der Waals surface area (Å²) < 4.78 is 5.86. The Hall–Kier alpha value is -1.55. The zero-order chi connectivity index (χ0) is 14.7. The van der Waals surface area contributed by atoms with Crippen molar-refractivity contribution in [1.82, 2.24) is 4.90 Å². The number of β-amino-alcohol motifs (C(OH)–C–C–N with tert-alkyl or cyclic N) is 1. The standard InChI is InChI=1S/C17H18ClNO2/c18-14-6-8-15(9-7-14)21-17-12-19(11-16(17)20)10-13-4-2-1-3-5-13/h1-9,16-17,20H,10-12H2/t16-,17-/m0/s1. The van der Waals surface area contributed by atoms with E-state index in [2.05, 4.69) is 17.0 Å². The normalized spacial score (nSPS) is 22.4. The Morgan fingerprint density at radius 3 is 2.48 bits per heavy atom. The topological polar surface area (TPSA) is 32.7 Å². The molecule has 2 aromatic rings. The van der Waals surface area contributed by atoms with Gasteiger partial charge >= 0.3 is 0 Å². The number of likely N-dealkylation sites (tertiary alicyclic amines) is 1. The quantitative estimate of drug-likeness (QED) is 0.942. The summed E-state index contributed by atoms with van der Waals surface area (Å²) in [5, 5.41) is 10.8. The van der Waals surface area contributed by atoms with E-state index in [4.69, 9.17) is 16.3 Å². The van der Waals surface area contributed by atoms with Gasteiger partial charge in [0.2, 0.25) is 0 Å². The largest absolute Gasteiger partial charge is 0.486 e. The van der Waals surface area contributed by atoms with Crippen molar-refractivity contribution < 1.29 is 9.84 Å². The third kappa shape index (κ3) is 3.76. The molecule has 0 aromatic heterocycles. The lowest BCUT2D eigenvalue weighted by Crippen LogP contribution is -2.29. The Morgan fingerprint density at radius 2 is 1.76 bits per heavy atom. The molecule has 4 heteroatoms. The number of nitrogens with zero attached hydrogens (tertiary/aromatic N) is 1. The summed E-state index contributed by atoms with van der Waals surface area (Å²) in [7, 11) is 0. The molecular weight excluding hydrogens is 286 g/mol. The van der Waals surface area contributed by atoms with Gasteiger partial charge in [0.05, 0.1) is 0 Å². The second kappa shape index (κ2) is 6.48. The number of hydrogen-bond acceptors (Lipinski definition) is 3. The molecule has 0 amide bonds. The van der Waals surface area contributed by atoms with Crippen LogP contribution >= 0.6 is 11.6 Å². The maximum Gasteiger partial charge on any atom is 0.138 e. The van der Waals surface area contributed by atoms with Crippen molar-refractivity contribution in [1.29, 1.82) is 0 Å². The van der Waals surface area contributed by atoms with Crippen molar-refractivity contribution in [3.8, 4) is 5.75 Å². The van der Waals surface area contributed by atoms with Gasteiger partial charge in [-0.1, -0.05) is 41.9 Å². The average molecular weight is 304 g/mol. The van der Waals surface area contributed by atoms with E-state index < -0.39 is 6.10 Å². The van der Waals surface area contributed by atoms with E-state index in [0.717, 1.165) is 18.8 Å². The van der Waals surface area contributed by atoms with E-state index in [9.17, 15) is 5.11 Å². The minimum atomic E-state index is -0.468. The highest BCUT2D eigenvalue weighted by atomic mass is 35.5. The van der Waals surface area contributed by atoms with Crippen molar-refractivity contribution in [3.05, 3.63) is 65.2 Å². The lowest BCUT2D eigenvalue weighted by molar-refractivity contribution is 0.0737. The van der Waals surface area contributed by atoms with Gasteiger partial charge in [-0.25, -0.2) is 0 Å². The van der Waals surface area contributed by atoms with E-state index in [1.54, 1.807) is 12.1 Å². The Balaban J connectivity index is 1.59. The second-order valence-electron chi connectivity index (χ2n) is 5.36. The van der Waals surface area contributed by atoms with Gasteiger partial charge in [0, 0.05) is 24.7 Å². The number of ether oxygens (including phenoxy) is 1. The molecule has 0 aliphatic carbocycles. The molecule has 1 fully saturated rings. The van der Waals surface area contributed by atoms with Crippen molar-refractivity contribution in [2.75, 3.05) is 13.1 Å². The Bertz CT molecular complexity index is 573. The fraction of sp³-hybridized carbons (Fsp3) is 0.294. The maximum absolute atomic E-state index is 10.2. The number of aliphatic hydroxyl groups excluding tert-OH is 1. The van der Waals surface area contributed by atoms with E-state index in [1.807, 2.05) is 30.3 Å². The molecule has 1 N–H and O–H groups in total. The summed E-state index contributed by atoms with van der Waals surface area (Å²) in [5.41, 5.74) is 1.25. The third-order valence-corrected chi connectivity index (χ3v) is 3.91. The van der Waals surface area contributed by atoms with Crippen LogP contribution in [0.4, 0.5) is 0 Å². The molecular formula is C17H18ClNO2. The first-order valence-electron chi connectivity index (χ1n) is 7.07. The highest BCUT2D eigenvalue weighted by Gasteiger charge is 2.32. The van der Waals surface area contributed by atoms with Crippen molar-refractivity contribution in [3.63, 3.8) is 0 Å². The summed E-state index contributed by atoms with van der Waals surface area (Å²) >= 11 is 5.86. The van der Waals surface area contributed by atoms with Crippen LogP contribution in [0, 0.1) is 0 Å². The molecule has 1 aliphatic rings.